The fourth-order valence-electron chi connectivity index (χ4n) is 3.83. The highest BCUT2D eigenvalue weighted by Crippen LogP contribution is 2.14. The minimum atomic E-state index is -0.330. The van der Waals surface area contributed by atoms with E-state index < -0.39 is 0 Å². The SMILES string of the molecule is CC(=O)O[C@H]1C=C[C@H](OCCCCCCCCCCCCO[C@H]2C=C[C@H](OC(C)=O)CO2)OC1. The van der Waals surface area contributed by atoms with E-state index in [2.05, 4.69) is 0 Å². The third-order valence-corrected chi connectivity index (χ3v) is 5.55. The molecule has 4 atom stereocenters. The van der Waals surface area contributed by atoms with E-state index in [0.29, 0.717) is 26.4 Å². The second-order valence-electron chi connectivity index (χ2n) is 8.75. The maximum absolute atomic E-state index is 10.9. The Morgan fingerprint density at radius 2 is 0.971 bits per heavy atom. The van der Waals surface area contributed by atoms with Crippen LogP contribution in [0, 0.1) is 0 Å². The quantitative estimate of drug-likeness (QED) is 0.169. The van der Waals surface area contributed by atoms with Crippen molar-refractivity contribution in [3.8, 4) is 0 Å². The zero-order chi connectivity index (χ0) is 24.4. The monoisotopic (exact) mass is 482 g/mol. The van der Waals surface area contributed by atoms with Crippen molar-refractivity contribution >= 4 is 11.9 Å². The first kappa shape index (κ1) is 28.5. The number of rotatable bonds is 17. The molecule has 0 aromatic rings. The van der Waals surface area contributed by atoms with Crippen LogP contribution in [0.25, 0.3) is 0 Å². The van der Waals surface area contributed by atoms with Gasteiger partial charge in [0.1, 0.15) is 12.2 Å². The summed E-state index contributed by atoms with van der Waals surface area (Å²) in [5.74, 6) is -0.603. The average Bonchev–Trinajstić information content (AvgIpc) is 2.80. The normalized spacial score (nSPS) is 24.2. The van der Waals surface area contributed by atoms with E-state index in [1.165, 1.54) is 65.2 Å². The number of carbonyl (C=O) groups is 2. The lowest BCUT2D eigenvalue weighted by Gasteiger charge is -2.23. The van der Waals surface area contributed by atoms with Gasteiger partial charge in [-0.1, -0.05) is 51.4 Å². The molecule has 2 rings (SSSR count). The summed E-state index contributed by atoms with van der Waals surface area (Å²) in [5.41, 5.74) is 0. The Morgan fingerprint density at radius 1 is 0.618 bits per heavy atom. The highest BCUT2D eigenvalue weighted by Gasteiger charge is 2.19. The van der Waals surface area contributed by atoms with Crippen molar-refractivity contribution in [3.63, 3.8) is 0 Å². The number of hydrogen-bond acceptors (Lipinski definition) is 8. The predicted octanol–water partition coefficient (Wildman–Crippen LogP) is 4.61. The van der Waals surface area contributed by atoms with E-state index >= 15 is 0 Å². The van der Waals surface area contributed by atoms with Gasteiger partial charge in [0.25, 0.3) is 0 Å². The predicted molar refractivity (Wildman–Crippen MR) is 127 cm³/mol. The average molecular weight is 483 g/mol. The van der Waals surface area contributed by atoms with Gasteiger partial charge in [-0.15, -0.1) is 0 Å². The Bertz CT molecular complexity index is 578. The minimum absolute atomic E-state index is 0.302. The van der Waals surface area contributed by atoms with E-state index in [-0.39, 0.29) is 36.7 Å². The van der Waals surface area contributed by atoms with Crippen molar-refractivity contribution in [3.05, 3.63) is 24.3 Å². The summed E-state index contributed by atoms with van der Waals surface area (Å²) in [6, 6.07) is 0. The van der Waals surface area contributed by atoms with Gasteiger partial charge in [-0.3, -0.25) is 9.59 Å². The van der Waals surface area contributed by atoms with Crippen LogP contribution in [0.3, 0.4) is 0 Å². The molecule has 2 heterocycles. The van der Waals surface area contributed by atoms with Crippen LogP contribution >= 0.6 is 0 Å². The summed E-state index contributed by atoms with van der Waals surface area (Å²) in [6.07, 6.45) is 18.0. The van der Waals surface area contributed by atoms with Gasteiger partial charge in [-0.25, -0.2) is 0 Å². The molecule has 0 bridgehead atoms. The van der Waals surface area contributed by atoms with Crippen molar-refractivity contribution in [2.45, 2.75) is 103 Å². The summed E-state index contributed by atoms with van der Waals surface area (Å²) in [6.45, 7) is 4.85. The van der Waals surface area contributed by atoms with E-state index in [1.54, 1.807) is 0 Å². The molecule has 0 aliphatic carbocycles. The van der Waals surface area contributed by atoms with Gasteiger partial charge >= 0.3 is 11.9 Å². The molecule has 0 unspecified atom stereocenters. The van der Waals surface area contributed by atoms with Gasteiger partial charge < -0.3 is 28.4 Å². The van der Waals surface area contributed by atoms with Crippen LogP contribution in [-0.2, 0) is 38.0 Å². The van der Waals surface area contributed by atoms with Gasteiger partial charge in [0.05, 0.1) is 26.4 Å². The molecule has 0 saturated carbocycles. The molecular weight excluding hydrogens is 440 g/mol. The molecule has 8 nitrogen and oxygen atoms in total. The summed E-state index contributed by atoms with van der Waals surface area (Å²) in [7, 11) is 0. The molecule has 0 N–H and O–H groups in total. The number of ether oxygens (including phenoxy) is 6. The van der Waals surface area contributed by atoms with Crippen molar-refractivity contribution < 1.29 is 38.0 Å². The lowest BCUT2D eigenvalue weighted by Crippen LogP contribution is -2.29. The maximum atomic E-state index is 10.9. The summed E-state index contributed by atoms with van der Waals surface area (Å²) in [4.78, 5) is 21.8. The Kier molecular flexibility index (Phi) is 14.8. The van der Waals surface area contributed by atoms with Gasteiger partial charge in [0.15, 0.2) is 12.6 Å². The number of hydrogen-bond donors (Lipinski definition) is 0. The molecule has 2 aliphatic heterocycles. The number of unbranched alkanes of at least 4 members (excludes halogenated alkanes) is 9. The molecule has 0 radical (unpaired) electrons. The number of esters is 2. The third-order valence-electron chi connectivity index (χ3n) is 5.55. The molecular formula is C26H42O8. The van der Waals surface area contributed by atoms with Crippen LogP contribution in [0.15, 0.2) is 24.3 Å². The van der Waals surface area contributed by atoms with Gasteiger partial charge in [0.2, 0.25) is 0 Å². The van der Waals surface area contributed by atoms with E-state index in [1.807, 2.05) is 24.3 Å². The molecule has 34 heavy (non-hydrogen) atoms. The largest absolute Gasteiger partial charge is 0.456 e. The van der Waals surface area contributed by atoms with Crippen LogP contribution in [-0.4, -0.2) is 63.2 Å². The summed E-state index contributed by atoms with van der Waals surface area (Å²) in [5, 5.41) is 0. The first-order valence-electron chi connectivity index (χ1n) is 12.7. The lowest BCUT2D eigenvalue weighted by molar-refractivity contribution is -0.161. The van der Waals surface area contributed by atoms with Crippen molar-refractivity contribution in [2.24, 2.45) is 0 Å². The van der Waals surface area contributed by atoms with E-state index in [0.717, 1.165) is 12.8 Å². The van der Waals surface area contributed by atoms with Crippen LogP contribution < -0.4 is 0 Å². The van der Waals surface area contributed by atoms with Crippen LogP contribution in [0.2, 0.25) is 0 Å². The zero-order valence-corrected chi connectivity index (χ0v) is 20.8. The Labute approximate surface area is 203 Å². The molecule has 0 aromatic heterocycles. The molecule has 0 amide bonds. The van der Waals surface area contributed by atoms with Crippen LogP contribution in [0.4, 0.5) is 0 Å². The fourth-order valence-corrected chi connectivity index (χ4v) is 3.83. The van der Waals surface area contributed by atoms with Gasteiger partial charge in [-0.2, -0.15) is 0 Å². The highest BCUT2D eigenvalue weighted by molar-refractivity contribution is 5.66. The standard InChI is InChI=1S/C26H42O8/c1-21(27)33-23-13-15-25(31-19-23)29-17-11-9-7-5-3-4-6-8-10-12-18-30-26-16-14-24(20-32-26)34-22(2)28/h13-16,23-26H,3-12,17-20H2,1-2H3/t23-,24-,25+,26+/m0/s1. The minimum Gasteiger partial charge on any atom is -0.456 e. The molecule has 194 valence electrons. The Balaban J connectivity index is 1.30. The van der Waals surface area contributed by atoms with Gasteiger partial charge in [-0.05, 0) is 37.1 Å². The van der Waals surface area contributed by atoms with Crippen molar-refractivity contribution in [1.82, 2.24) is 0 Å². The Morgan fingerprint density at radius 3 is 1.26 bits per heavy atom. The Hall–Kier alpha value is -1.74. The van der Waals surface area contributed by atoms with Crippen LogP contribution in [0.1, 0.15) is 78.1 Å². The highest BCUT2D eigenvalue weighted by atomic mass is 16.7. The molecule has 0 saturated heterocycles. The van der Waals surface area contributed by atoms with Crippen molar-refractivity contribution in [1.29, 1.82) is 0 Å². The van der Waals surface area contributed by atoms with Gasteiger partial charge in [0, 0.05) is 13.8 Å². The molecule has 2 aliphatic rings. The second kappa shape index (κ2) is 17.7. The van der Waals surface area contributed by atoms with E-state index in [4.69, 9.17) is 28.4 Å². The summed E-state index contributed by atoms with van der Waals surface area (Å²) >= 11 is 0. The number of carbonyl (C=O) groups excluding carboxylic acids is 2. The lowest BCUT2D eigenvalue weighted by atomic mass is 10.1. The fraction of sp³-hybridized carbons (Fsp3) is 0.769. The smallest absolute Gasteiger partial charge is 0.303 e. The van der Waals surface area contributed by atoms with Crippen molar-refractivity contribution in [2.75, 3.05) is 26.4 Å². The first-order valence-corrected chi connectivity index (χ1v) is 12.7. The second-order valence-corrected chi connectivity index (χ2v) is 8.75. The van der Waals surface area contributed by atoms with E-state index in [9.17, 15) is 9.59 Å². The van der Waals surface area contributed by atoms with Crippen LogP contribution in [0.5, 0.6) is 0 Å². The molecule has 0 spiro atoms. The molecule has 8 heteroatoms. The molecule has 0 fully saturated rings. The molecule has 0 aromatic carbocycles. The third kappa shape index (κ3) is 13.8. The topological polar surface area (TPSA) is 89.5 Å². The summed E-state index contributed by atoms with van der Waals surface area (Å²) < 4.78 is 32.6. The first-order chi connectivity index (χ1) is 16.5. The zero-order valence-electron chi connectivity index (χ0n) is 20.8. The maximum Gasteiger partial charge on any atom is 0.303 e.